The molecule has 0 aliphatic carbocycles. The van der Waals surface area contributed by atoms with Crippen LogP contribution in [0.1, 0.15) is 72.1 Å². The van der Waals surface area contributed by atoms with Crippen LogP contribution in [0.25, 0.3) is 0 Å². The molecule has 0 bridgehead atoms. The van der Waals surface area contributed by atoms with Gasteiger partial charge in [0.15, 0.2) is 6.23 Å². The molecule has 0 aromatic heterocycles. The molecule has 4 N–H and O–H groups in total. The molecule has 0 spiro atoms. The lowest BCUT2D eigenvalue weighted by molar-refractivity contribution is -0.294. The summed E-state index contributed by atoms with van der Waals surface area (Å²) in [7, 11) is 0. The number of rotatable bonds is 17. The lowest BCUT2D eigenvalue weighted by Crippen LogP contribution is -2.56. The first-order chi connectivity index (χ1) is 37.1. The smallest absolute Gasteiger partial charge is 0.345 e. The molecule has 1 heterocycles. The van der Waals surface area contributed by atoms with E-state index < -0.39 is 69.9 Å². The molecule has 390 valence electrons. The van der Waals surface area contributed by atoms with E-state index in [4.69, 9.17) is 9.78 Å². The van der Waals surface area contributed by atoms with Gasteiger partial charge < -0.3 is 21.1 Å². The molecule has 10 nitrogen and oxygen atoms in total. The number of thioether (sulfide) groups is 2. The maximum atomic E-state index is 14.9. The van der Waals surface area contributed by atoms with Gasteiger partial charge in [0, 0.05) is 12.2 Å². The molecular formula is C64H65N3O7S2. The van der Waals surface area contributed by atoms with E-state index in [0.717, 1.165) is 38.9 Å². The number of aliphatic hydroxyl groups excluding tert-OH is 1. The number of aliphatic hydroxyl groups is 1. The van der Waals surface area contributed by atoms with E-state index >= 15 is 0 Å². The zero-order chi connectivity index (χ0) is 53.2. The standard InChI is InChI=1S/C64H65N3O7S2/c1-46(2)60-56(68)44-59(70)74-73-58(40-24-25-41-75-63(49-28-12-4-13-29-49,50-30-14-5-15-31-50)51-32-16-6-17-33-51)66-57(69)43-48(42-47-26-10-3-11-27-47)61(71)65-55(62(72)67-60)45-76-64(52-34-18-7-19-35-52,53-36-20-8-21-37-53)54-38-22-9-23-39-54/h3-24,26-40,46,48,55-56,58,60,68H,25,41-45H2,1-2H3,(H,65,71)(H,66,69)(H,67,72)/t48-,55+,56-,58+,60+/m0/s1. The highest BCUT2D eigenvalue weighted by Gasteiger charge is 2.41. The second-order valence-corrected chi connectivity index (χ2v) is 21.7. The van der Waals surface area contributed by atoms with E-state index in [0.29, 0.717) is 12.2 Å². The first-order valence-electron chi connectivity index (χ1n) is 25.8. The van der Waals surface area contributed by atoms with Gasteiger partial charge in [0.2, 0.25) is 17.7 Å². The van der Waals surface area contributed by atoms with Crippen LogP contribution in [-0.4, -0.2) is 64.7 Å². The van der Waals surface area contributed by atoms with Gasteiger partial charge in [0.05, 0.1) is 34.0 Å². The number of hydrogen-bond donors (Lipinski definition) is 4. The summed E-state index contributed by atoms with van der Waals surface area (Å²) in [5, 5.41) is 20.6. The zero-order valence-electron chi connectivity index (χ0n) is 42.8. The molecule has 3 amide bonds. The summed E-state index contributed by atoms with van der Waals surface area (Å²) in [6.07, 6.45) is 0.728. The van der Waals surface area contributed by atoms with Gasteiger partial charge in [0.1, 0.15) is 6.04 Å². The maximum Gasteiger partial charge on any atom is 0.345 e. The first-order valence-corrected chi connectivity index (χ1v) is 27.8. The van der Waals surface area contributed by atoms with Gasteiger partial charge in [-0.15, -0.1) is 23.5 Å². The number of allylic oxidation sites excluding steroid dienone is 1. The third-order valence-electron chi connectivity index (χ3n) is 13.6. The van der Waals surface area contributed by atoms with Gasteiger partial charge in [0.25, 0.3) is 0 Å². The minimum Gasteiger partial charge on any atom is -0.390 e. The lowest BCUT2D eigenvalue weighted by Gasteiger charge is -2.37. The fraction of sp³-hybridized carbons (Fsp3) is 0.250. The van der Waals surface area contributed by atoms with E-state index in [9.17, 15) is 24.3 Å². The van der Waals surface area contributed by atoms with E-state index in [1.54, 1.807) is 17.8 Å². The van der Waals surface area contributed by atoms with E-state index in [1.165, 1.54) is 11.8 Å². The van der Waals surface area contributed by atoms with Crippen molar-refractivity contribution in [2.45, 2.75) is 73.4 Å². The van der Waals surface area contributed by atoms with Crippen LogP contribution in [-0.2, 0) is 44.9 Å². The summed E-state index contributed by atoms with van der Waals surface area (Å²) in [4.78, 5) is 68.5. The molecular weight excluding hydrogens is 987 g/mol. The molecule has 1 saturated heterocycles. The van der Waals surface area contributed by atoms with Crippen LogP contribution in [0.3, 0.4) is 0 Å². The second-order valence-electron chi connectivity index (χ2n) is 19.2. The van der Waals surface area contributed by atoms with Gasteiger partial charge in [-0.1, -0.05) is 232 Å². The topological polar surface area (TPSA) is 143 Å². The summed E-state index contributed by atoms with van der Waals surface area (Å²) < 4.78 is -1.39. The second kappa shape index (κ2) is 27.0. The molecule has 1 fully saturated rings. The SMILES string of the molecule is CC(C)[C@H]1NC(=O)[C@@H](CSC(c2ccccc2)(c2ccccc2)c2ccccc2)NC(=O)[C@@H](Cc2ccccc2)CC(=O)N[C@@H](C=CCCSC(c2ccccc2)(c2ccccc2)c2ccccc2)OOC(=O)C[C@@H]1O. The van der Waals surface area contributed by atoms with Crippen molar-refractivity contribution in [2.75, 3.05) is 11.5 Å². The first kappa shape index (κ1) is 55.0. The molecule has 8 rings (SSSR count). The fourth-order valence-electron chi connectivity index (χ4n) is 9.83. The van der Waals surface area contributed by atoms with Gasteiger partial charge in [-0.25, -0.2) is 4.79 Å². The third kappa shape index (κ3) is 13.8. The van der Waals surface area contributed by atoms with Gasteiger partial charge >= 0.3 is 5.97 Å². The van der Waals surface area contributed by atoms with Crippen molar-refractivity contribution >= 4 is 47.2 Å². The highest BCUT2D eigenvalue weighted by atomic mass is 32.2. The number of carbonyl (C=O) groups is 4. The molecule has 76 heavy (non-hydrogen) atoms. The van der Waals surface area contributed by atoms with Crippen LogP contribution < -0.4 is 16.0 Å². The molecule has 1 aliphatic rings. The number of hydrogen-bond acceptors (Lipinski definition) is 9. The molecule has 0 unspecified atom stereocenters. The molecule has 7 aromatic rings. The Morgan fingerprint density at radius 3 is 1.41 bits per heavy atom. The molecule has 5 atom stereocenters. The summed E-state index contributed by atoms with van der Waals surface area (Å²) in [6.45, 7) is 3.66. The normalized spacial score (nSPS) is 19.3. The fourth-order valence-corrected chi connectivity index (χ4v) is 12.9. The minimum atomic E-state index is -1.40. The van der Waals surface area contributed by atoms with Crippen molar-refractivity contribution in [2.24, 2.45) is 11.8 Å². The van der Waals surface area contributed by atoms with Gasteiger partial charge in [-0.05, 0) is 69.5 Å². The van der Waals surface area contributed by atoms with E-state index in [2.05, 4.69) is 88.7 Å². The van der Waals surface area contributed by atoms with E-state index in [1.807, 2.05) is 159 Å². The molecule has 0 saturated carbocycles. The predicted octanol–water partition coefficient (Wildman–Crippen LogP) is 10.9. The van der Waals surface area contributed by atoms with Crippen LogP contribution >= 0.6 is 23.5 Å². The summed E-state index contributed by atoms with van der Waals surface area (Å²) in [5.41, 5.74) is 7.10. The van der Waals surface area contributed by atoms with Crippen molar-refractivity contribution < 1.29 is 34.1 Å². The number of carbonyl (C=O) groups excluding carboxylic acids is 4. The molecule has 1 aliphatic heterocycles. The highest BCUT2D eigenvalue weighted by Crippen LogP contribution is 2.50. The Morgan fingerprint density at radius 1 is 0.553 bits per heavy atom. The quantitative estimate of drug-likeness (QED) is 0.0303. The van der Waals surface area contributed by atoms with Crippen LogP contribution in [0.4, 0.5) is 0 Å². The number of amides is 3. The van der Waals surface area contributed by atoms with Crippen LogP contribution in [0.15, 0.2) is 224 Å². The molecule has 7 aromatic carbocycles. The third-order valence-corrected chi connectivity index (χ3v) is 16.8. The van der Waals surface area contributed by atoms with Gasteiger partial charge in [-0.3, -0.25) is 19.3 Å². The Kier molecular flexibility index (Phi) is 19.6. The van der Waals surface area contributed by atoms with Gasteiger partial charge in [-0.2, -0.15) is 4.89 Å². The van der Waals surface area contributed by atoms with Crippen LogP contribution in [0.2, 0.25) is 0 Å². The Hall–Kier alpha value is -7.22. The Balaban J connectivity index is 1.08. The molecule has 0 radical (unpaired) electrons. The predicted molar refractivity (Wildman–Crippen MR) is 304 cm³/mol. The summed E-state index contributed by atoms with van der Waals surface area (Å²) in [5.74, 6) is -3.09. The average molecular weight is 1050 g/mol. The van der Waals surface area contributed by atoms with Crippen molar-refractivity contribution in [3.8, 4) is 0 Å². The highest BCUT2D eigenvalue weighted by molar-refractivity contribution is 8.00. The van der Waals surface area contributed by atoms with Crippen molar-refractivity contribution in [3.05, 3.63) is 263 Å². The Bertz CT molecular complexity index is 2760. The monoisotopic (exact) mass is 1050 g/mol. The number of nitrogens with one attached hydrogen (secondary N) is 3. The summed E-state index contributed by atoms with van der Waals surface area (Å²) >= 11 is 3.28. The Labute approximate surface area is 455 Å². The lowest BCUT2D eigenvalue weighted by atomic mass is 9.84. The van der Waals surface area contributed by atoms with E-state index in [-0.39, 0.29) is 24.5 Å². The van der Waals surface area contributed by atoms with Crippen molar-refractivity contribution in [3.63, 3.8) is 0 Å². The number of benzene rings is 7. The maximum absolute atomic E-state index is 14.9. The largest absolute Gasteiger partial charge is 0.390 e. The Morgan fingerprint density at radius 2 is 0.974 bits per heavy atom. The van der Waals surface area contributed by atoms with Crippen molar-refractivity contribution in [1.82, 2.24) is 16.0 Å². The summed E-state index contributed by atoms with van der Waals surface area (Å²) in [6, 6.07) is 68.6. The average Bonchev–Trinajstić information content (AvgIpc) is 3.47. The minimum absolute atomic E-state index is 0.0750. The van der Waals surface area contributed by atoms with Crippen molar-refractivity contribution in [1.29, 1.82) is 0 Å². The zero-order valence-corrected chi connectivity index (χ0v) is 44.4. The van der Waals surface area contributed by atoms with Crippen LogP contribution in [0, 0.1) is 11.8 Å². The molecule has 12 heteroatoms. The van der Waals surface area contributed by atoms with Crippen LogP contribution in [0.5, 0.6) is 0 Å².